The average molecular weight is 600 g/mol. The first-order valence-corrected chi connectivity index (χ1v) is 14.1. The summed E-state index contributed by atoms with van der Waals surface area (Å²) in [5.74, 6) is 0.0360. The number of aromatic nitrogens is 4. The monoisotopic (exact) mass is 599 g/mol. The van der Waals surface area contributed by atoms with Gasteiger partial charge in [-0.15, -0.1) is 0 Å². The molecule has 1 amide bonds. The van der Waals surface area contributed by atoms with Gasteiger partial charge in [0.2, 0.25) is 0 Å². The van der Waals surface area contributed by atoms with E-state index < -0.39 is 12.7 Å². The fraction of sp³-hybridized carbons (Fsp3) is 0.433. The number of ether oxygens (including phenoxy) is 1. The van der Waals surface area contributed by atoms with Crippen molar-refractivity contribution >= 4 is 11.4 Å². The van der Waals surface area contributed by atoms with Crippen LogP contribution in [0, 0.1) is 13.8 Å². The fourth-order valence-electron chi connectivity index (χ4n) is 5.94. The highest BCUT2D eigenvalue weighted by molar-refractivity contribution is 5.97. The van der Waals surface area contributed by atoms with Crippen molar-refractivity contribution in [3.8, 4) is 17.0 Å². The molecule has 0 saturated carbocycles. The summed E-state index contributed by atoms with van der Waals surface area (Å²) in [6.45, 7) is 6.20. The Bertz CT molecular complexity index is 1700. The van der Waals surface area contributed by atoms with E-state index in [2.05, 4.69) is 24.6 Å². The highest BCUT2D eigenvalue weighted by atomic mass is 19.4. The van der Waals surface area contributed by atoms with Gasteiger partial charge >= 0.3 is 6.18 Å². The van der Waals surface area contributed by atoms with Crippen LogP contribution in [0.5, 0.6) is 5.75 Å². The zero-order valence-electron chi connectivity index (χ0n) is 24.9. The maximum atomic E-state index is 13.7. The van der Waals surface area contributed by atoms with Crippen LogP contribution in [0.25, 0.3) is 16.8 Å². The number of methoxy groups -OCH3 is 1. The van der Waals surface area contributed by atoms with Crippen molar-refractivity contribution in [1.29, 1.82) is 0 Å². The molecule has 4 aromatic rings. The minimum Gasteiger partial charge on any atom is -0.496 e. The second-order valence-corrected chi connectivity index (χ2v) is 11.1. The number of piperazine rings is 1. The van der Waals surface area contributed by atoms with Gasteiger partial charge in [0.15, 0.2) is 0 Å². The van der Waals surface area contributed by atoms with Crippen LogP contribution in [0.1, 0.15) is 45.8 Å². The molecule has 1 aliphatic heterocycles. The van der Waals surface area contributed by atoms with Crippen molar-refractivity contribution in [2.75, 3.05) is 39.8 Å². The Balaban J connectivity index is 1.50. The number of alkyl halides is 3. The molecule has 1 fully saturated rings. The number of nitrogens with zero attached hydrogens (tertiary/aromatic N) is 5. The summed E-state index contributed by atoms with van der Waals surface area (Å²) in [5.41, 5.74) is 5.28. The average Bonchev–Trinajstić information content (AvgIpc) is 3.56. The van der Waals surface area contributed by atoms with Crippen molar-refractivity contribution in [3.05, 3.63) is 75.4 Å². The number of hydrogen-bond donors (Lipinski definition) is 2. The van der Waals surface area contributed by atoms with Crippen molar-refractivity contribution in [2.24, 2.45) is 7.05 Å². The number of hydrogen-bond acceptors (Lipinski definition) is 6. The summed E-state index contributed by atoms with van der Waals surface area (Å²) < 4.78 is 48.3. The van der Waals surface area contributed by atoms with Crippen molar-refractivity contribution in [3.63, 3.8) is 0 Å². The maximum absolute atomic E-state index is 13.7. The molecule has 1 atom stereocenters. The zero-order valence-corrected chi connectivity index (χ0v) is 24.9. The van der Waals surface area contributed by atoms with Gasteiger partial charge in [-0.25, -0.2) is 4.98 Å². The highest BCUT2D eigenvalue weighted by Gasteiger charge is 2.34. The van der Waals surface area contributed by atoms with E-state index in [0.717, 1.165) is 28.0 Å². The van der Waals surface area contributed by atoms with Crippen molar-refractivity contribution in [1.82, 2.24) is 34.1 Å². The van der Waals surface area contributed by atoms with Gasteiger partial charge in [0, 0.05) is 73.5 Å². The van der Waals surface area contributed by atoms with Gasteiger partial charge in [-0.3, -0.25) is 19.4 Å². The standard InChI is InChI=1S/C30H36F3N7O3/c1-18-10-26(43-5)24(29(42)36-18)13-35-28(41)23-12-22-11-21(25-14-34-17-37(25)4)15-40(22)27(19(23)2)20(3)39-8-6-38(7-9-39)16-30(31,32)33/h10-12,14-15,17,20H,6-9,13,16H2,1-5H3,(H,35,41)(H,36,42). The van der Waals surface area contributed by atoms with Crippen LogP contribution >= 0.6 is 0 Å². The Kier molecular flexibility index (Phi) is 8.39. The predicted octanol–water partition coefficient (Wildman–Crippen LogP) is 3.82. The minimum atomic E-state index is -4.24. The maximum Gasteiger partial charge on any atom is 0.401 e. The lowest BCUT2D eigenvalue weighted by Crippen LogP contribution is -2.49. The lowest BCUT2D eigenvalue weighted by molar-refractivity contribution is -0.149. The number of aryl methyl sites for hydroxylation is 2. The number of carbonyl (C=O) groups is 1. The molecule has 0 bridgehead atoms. The largest absolute Gasteiger partial charge is 0.496 e. The molecular formula is C30H36F3N7O3. The second kappa shape index (κ2) is 11.9. The Morgan fingerprint density at radius 2 is 1.88 bits per heavy atom. The molecular weight excluding hydrogens is 563 g/mol. The van der Waals surface area contributed by atoms with Crippen LogP contribution in [0.2, 0.25) is 0 Å². The molecule has 4 aromatic heterocycles. The van der Waals surface area contributed by atoms with Gasteiger partial charge in [-0.1, -0.05) is 0 Å². The van der Waals surface area contributed by atoms with E-state index in [9.17, 15) is 22.8 Å². The van der Waals surface area contributed by atoms with Crippen molar-refractivity contribution in [2.45, 2.75) is 39.5 Å². The Labute approximate surface area is 247 Å². The van der Waals surface area contributed by atoms with Gasteiger partial charge in [0.25, 0.3) is 11.5 Å². The van der Waals surface area contributed by atoms with E-state index in [4.69, 9.17) is 4.74 Å². The van der Waals surface area contributed by atoms with Gasteiger partial charge in [-0.2, -0.15) is 13.2 Å². The number of nitrogens with one attached hydrogen (secondary N) is 2. The molecule has 43 heavy (non-hydrogen) atoms. The van der Waals surface area contributed by atoms with E-state index >= 15 is 0 Å². The number of H-pyrrole nitrogens is 1. The molecule has 0 aromatic carbocycles. The molecule has 13 heteroatoms. The Morgan fingerprint density at radius 1 is 1.16 bits per heavy atom. The number of carbonyl (C=O) groups excluding carboxylic acids is 1. The number of rotatable bonds is 8. The predicted molar refractivity (Wildman–Crippen MR) is 156 cm³/mol. The lowest BCUT2D eigenvalue weighted by atomic mass is 10.0. The fourth-order valence-corrected chi connectivity index (χ4v) is 5.94. The highest BCUT2D eigenvalue weighted by Crippen LogP contribution is 2.32. The van der Waals surface area contributed by atoms with Crippen LogP contribution < -0.4 is 15.6 Å². The van der Waals surface area contributed by atoms with E-state index in [1.165, 1.54) is 12.0 Å². The summed E-state index contributed by atoms with van der Waals surface area (Å²) in [5, 5.41) is 2.88. The minimum absolute atomic E-state index is 0.0322. The zero-order chi connectivity index (χ0) is 31.1. The summed E-state index contributed by atoms with van der Waals surface area (Å²) in [6, 6.07) is 5.31. The molecule has 0 radical (unpaired) electrons. The van der Waals surface area contributed by atoms with Gasteiger partial charge in [0.05, 0.1) is 44.0 Å². The second-order valence-electron chi connectivity index (χ2n) is 11.1. The first-order valence-electron chi connectivity index (χ1n) is 14.1. The molecule has 1 unspecified atom stereocenters. The summed E-state index contributed by atoms with van der Waals surface area (Å²) >= 11 is 0. The number of imidazole rings is 1. The molecule has 2 N–H and O–H groups in total. The number of pyridine rings is 2. The normalized spacial score (nSPS) is 15.6. The van der Waals surface area contributed by atoms with Crippen LogP contribution in [0.3, 0.4) is 0 Å². The first-order chi connectivity index (χ1) is 20.4. The molecule has 5 heterocycles. The van der Waals surface area contributed by atoms with Gasteiger partial charge < -0.3 is 24.0 Å². The molecule has 1 saturated heterocycles. The van der Waals surface area contributed by atoms with E-state index in [0.29, 0.717) is 48.7 Å². The van der Waals surface area contributed by atoms with Crippen LogP contribution in [0.4, 0.5) is 13.2 Å². The van der Waals surface area contributed by atoms with E-state index in [1.807, 2.05) is 43.8 Å². The van der Waals surface area contributed by atoms with E-state index in [1.54, 1.807) is 25.5 Å². The SMILES string of the molecule is COc1cc(C)[nH]c(=O)c1CNC(=O)c1cc2cc(-c3cncn3C)cn2c(C(C)N2CCN(CC(F)(F)F)CC2)c1C. The molecule has 230 valence electrons. The van der Waals surface area contributed by atoms with Gasteiger partial charge in [-0.05, 0) is 44.5 Å². The smallest absolute Gasteiger partial charge is 0.401 e. The van der Waals surface area contributed by atoms with Crippen molar-refractivity contribution < 1.29 is 22.7 Å². The van der Waals surface area contributed by atoms with Crippen LogP contribution in [-0.2, 0) is 13.6 Å². The third-order valence-electron chi connectivity index (χ3n) is 8.18. The molecule has 0 spiro atoms. The summed E-state index contributed by atoms with van der Waals surface area (Å²) in [4.78, 5) is 36.8. The lowest BCUT2D eigenvalue weighted by Gasteiger charge is -2.39. The number of amides is 1. The quantitative estimate of drug-likeness (QED) is 0.320. The molecule has 0 aliphatic carbocycles. The summed E-state index contributed by atoms with van der Waals surface area (Å²) in [6.07, 6.45) is 1.25. The van der Waals surface area contributed by atoms with Crippen LogP contribution in [-0.4, -0.2) is 80.7 Å². The molecule has 5 rings (SSSR count). The number of aromatic amines is 1. The Morgan fingerprint density at radius 3 is 2.51 bits per heavy atom. The summed E-state index contributed by atoms with van der Waals surface area (Å²) in [7, 11) is 3.38. The molecule has 10 nitrogen and oxygen atoms in total. The third-order valence-corrected chi connectivity index (χ3v) is 8.18. The topological polar surface area (TPSA) is 99.9 Å². The number of fused-ring (bicyclic) bond motifs is 1. The first kappa shape index (κ1) is 30.4. The third kappa shape index (κ3) is 6.32. The number of halogens is 3. The van der Waals surface area contributed by atoms with E-state index in [-0.39, 0.29) is 24.1 Å². The van der Waals surface area contributed by atoms with Gasteiger partial charge in [0.1, 0.15) is 5.75 Å². The van der Waals surface area contributed by atoms with Crippen LogP contribution in [0.15, 0.2) is 41.7 Å². The Hall–Kier alpha value is -4.10. The molecule has 1 aliphatic rings.